The van der Waals surface area contributed by atoms with Crippen LogP contribution in [0.15, 0.2) is 35.5 Å². The molecule has 7 heteroatoms. The summed E-state index contributed by atoms with van der Waals surface area (Å²) in [6, 6.07) is 4.73. The smallest absolute Gasteiger partial charge is 0.243 e. The molecule has 1 heterocycles. The van der Waals surface area contributed by atoms with E-state index in [0.717, 1.165) is 5.56 Å². The van der Waals surface area contributed by atoms with E-state index in [0.29, 0.717) is 11.5 Å². The zero-order valence-electron chi connectivity index (χ0n) is 10.8. The van der Waals surface area contributed by atoms with E-state index in [-0.39, 0.29) is 11.4 Å². The molecular formula is C12H16N4O2S. The van der Waals surface area contributed by atoms with Gasteiger partial charge in [-0.2, -0.15) is 4.31 Å². The summed E-state index contributed by atoms with van der Waals surface area (Å²) in [4.78, 5) is 7.06. The Morgan fingerprint density at radius 3 is 2.74 bits per heavy atom. The van der Waals surface area contributed by atoms with Crippen molar-refractivity contribution in [1.82, 2.24) is 14.3 Å². The number of H-pyrrole nitrogens is 1. The molecule has 0 fully saturated rings. The number of hydrogen-bond donors (Lipinski definition) is 2. The Kier molecular flexibility index (Phi) is 3.59. The van der Waals surface area contributed by atoms with Gasteiger partial charge in [-0.25, -0.2) is 13.4 Å². The highest BCUT2D eigenvalue weighted by atomic mass is 32.2. The van der Waals surface area contributed by atoms with Crippen LogP contribution in [-0.2, 0) is 16.6 Å². The Bertz CT molecular complexity index is 665. The predicted molar refractivity (Wildman–Crippen MR) is 72.8 cm³/mol. The number of anilines is 1. The molecule has 0 amide bonds. The number of aromatic nitrogens is 2. The van der Waals surface area contributed by atoms with Crippen molar-refractivity contribution in [2.24, 2.45) is 0 Å². The summed E-state index contributed by atoms with van der Waals surface area (Å²) in [5.74, 6) is 0.589. The van der Waals surface area contributed by atoms with Gasteiger partial charge in [0, 0.05) is 25.1 Å². The minimum absolute atomic E-state index is 0.184. The van der Waals surface area contributed by atoms with Crippen LogP contribution in [0.2, 0.25) is 0 Å². The first kappa shape index (κ1) is 13.6. The summed E-state index contributed by atoms with van der Waals surface area (Å²) in [5.41, 5.74) is 7.07. The number of nitrogens with one attached hydrogen (secondary N) is 1. The van der Waals surface area contributed by atoms with Crippen molar-refractivity contribution in [1.29, 1.82) is 0 Å². The van der Waals surface area contributed by atoms with Crippen LogP contribution in [0.3, 0.4) is 0 Å². The normalized spacial score (nSPS) is 11.9. The maximum Gasteiger partial charge on any atom is 0.243 e. The van der Waals surface area contributed by atoms with E-state index in [1.54, 1.807) is 24.5 Å². The first-order valence-electron chi connectivity index (χ1n) is 5.72. The molecule has 0 aliphatic rings. The van der Waals surface area contributed by atoms with Gasteiger partial charge in [0.1, 0.15) is 5.82 Å². The molecule has 0 atom stereocenters. The second-order valence-electron chi connectivity index (χ2n) is 4.32. The maximum absolute atomic E-state index is 12.4. The van der Waals surface area contributed by atoms with E-state index in [9.17, 15) is 8.42 Å². The average molecular weight is 280 g/mol. The molecule has 0 saturated carbocycles. The lowest BCUT2D eigenvalue weighted by atomic mass is 10.2. The van der Waals surface area contributed by atoms with Gasteiger partial charge in [0.05, 0.1) is 11.4 Å². The van der Waals surface area contributed by atoms with Crippen molar-refractivity contribution < 1.29 is 8.42 Å². The second kappa shape index (κ2) is 5.02. The number of imidazole rings is 1. The minimum atomic E-state index is -3.56. The van der Waals surface area contributed by atoms with Crippen molar-refractivity contribution in [2.75, 3.05) is 12.8 Å². The summed E-state index contributed by atoms with van der Waals surface area (Å²) < 4.78 is 25.9. The molecule has 3 N–H and O–H groups in total. The summed E-state index contributed by atoms with van der Waals surface area (Å²) in [6.45, 7) is 2.02. The van der Waals surface area contributed by atoms with Gasteiger partial charge in [0.2, 0.25) is 10.0 Å². The third kappa shape index (κ3) is 2.77. The van der Waals surface area contributed by atoms with Gasteiger partial charge in [-0.1, -0.05) is 6.07 Å². The van der Waals surface area contributed by atoms with Crippen molar-refractivity contribution >= 4 is 15.7 Å². The number of hydrogen-bond acceptors (Lipinski definition) is 4. The number of benzene rings is 1. The van der Waals surface area contributed by atoms with Crippen LogP contribution >= 0.6 is 0 Å². The number of nitrogens with zero attached hydrogens (tertiary/aromatic N) is 2. The highest BCUT2D eigenvalue weighted by Crippen LogP contribution is 2.20. The van der Waals surface area contributed by atoms with Crippen LogP contribution in [-0.4, -0.2) is 29.7 Å². The summed E-state index contributed by atoms with van der Waals surface area (Å²) >= 11 is 0. The van der Waals surface area contributed by atoms with Crippen LogP contribution < -0.4 is 5.73 Å². The van der Waals surface area contributed by atoms with Gasteiger partial charge in [-0.3, -0.25) is 0 Å². The zero-order chi connectivity index (χ0) is 14.0. The number of aromatic amines is 1. The molecule has 0 bridgehead atoms. The molecule has 0 aliphatic heterocycles. The Hall–Kier alpha value is -1.86. The average Bonchev–Trinajstić information content (AvgIpc) is 2.85. The Morgan fingerprint density at radius 1 is 1.42 bits per heavy atom. The number of nitrogen functional groups attached to an aromatic ring is 1. The second-order valence-corrected chi connectivity index (χ2v) is 6.36. The third-order valence-corrected chi connectivity index (χ3v) is 4.69. The van der Waals surface area contributed by atoms with Gasteiger partial charge in [-0.05, 0) is 24.6 Å². The van der Waals surface area contributed by atoms with Crippen molar-refractivity contribution in [3.63, 3.8) is 0 Å². The Balaban J connectivity index is 2.28. The van der Waals surface area contributed by atoms with E-state index in [1.807, 2.05) is 6.92 Å². The molecule has 0 unspecified atom stereocenters. The van der Waals surface area contributed by atoms with Gasteiger partial charge < -0.3 is 10.7 Å². The number of rotatable bonds is 4. The number of aryl methyl sites for hydroxylation is 1. The molecule has 6 nitrogen and oxygen atoms in total. The maximum atomic E-state index is 12.4. The first-order valence-corrected chi connectivity index (χ1v) is 7.16. The Labute approximate surface area is 112 Å². The molecule has 1 aromatic carbocycles. The quantitative estimate of drug-likeness (QED) is 0.821. The van der Waals surface area contributed by atoms with Crippen LogP contribution in [0, 0.1) is 6.92 Å². The van der Waals surface area contributed by atoms with E-state index in [1.165, 1.54) is 17.4 Å². The highest BCUT2D eigenvalue weighted by Gasteiger charge is 2.22. The topological polar surface area (TPSA) is 92.1 Å². The first-order chi connectivity index (χ1) is 8.91. The lowest BCUT2D eigenvalue weighted by Gasteiger charge is -2.16. The summed E-state index contributed by atoms with van der Waals surface area (Å²) in [5, 5.41) is 0. The molecule has 0 saturated heterocycles. The van der Waals surface area contributed by atoms with E-state index in [4.69, 9.17) is 5.73 Å². The summed E-state index contributed by atoms with van der Waals surface area (Å²) in [6.07, 6.45) is 3.24. The third-order valence-electron chi connectivity index (χ3n) is 2.89. The fourth-order valence-corrected chi connectivity index (χ4v) is 2.81. The van der Waals surface area contributed by atoms with Gasteiger partial charge in [0.15, 0.2) is 0 Å². The lowest BCUT2D eigenvalue weighted by Crippen LogP contribution is -2.27. The molecule has 19 heavy (non-hydrogen) atoms. The standard InChI is InChI=1S/C12H16N4O2S/c1-9-3-4-10(7-11(9)13)19(17,18)16(2)8-12-14-5-6-15-12/h3-7H,8,13H2,1-2H3,(H,14,15). The SMILES string of the molecule is Cc1ccc(S(=O)(=O)N(C)Cc2ncc[nH]2)cc1N. The van der Waals surface area contributed by atoms with Crippen LogP contribution in [0.5, 0.6) is 0 Å². The number of nitrogens with two attached hydrogens (primary N) is 1. The lowest BCUT2D eigenvalue weighted by molar-refractivity contribution is 0.458. The van der Waals surface area contributed by atoms with Crippen LogP contribution in [0.4, 0.5) is 5.69 Å². The predicted octanol–water partition coefficient (Wildman–Crippen LogP) is 1.12. The molecule has 102 valence electrons. The van der Waals surface area contributed by atoms with Crippen molar-refractivity contribution in [2.45, 2.75) is 18.4 Å². The monoisotopic (exact) mass is 280 g/mol. The summed E-state index contributed by atoms with van der Waals surface area (Å²) in [7, 11) is -2.05. The molecule has 0 aliphatic carbocycles. The largest absolute Gasteiger partial charge is 0.398 e. The van der Waals surface area contributed by atoms with Gasteiger partial charge in [-0.15, -0.1) is 0 Å². The molecular weight excluding hydrogens is 264 g/mol. The highest BCUT2D eigenvalue weighted by molar-refractivity contribution is 7.89. The minimum Gasteiger partial charge on any atom is -0.398 e. The zero-order valence-corrected chi connectivity index (χ0v) is 11.6. The van der Waals surface area contributed by atoms with Gasteiger partial charge >= 0.3 is 0 Å². The van der Waals surface area contributed by atoms with E-state index >= 15 is 0 Å². The fourth-order valence-electron chi connectivity index (χ4n) is 1.64. The molecule has 0 spiro atoms. The molecule has 0 radical (unpaired) electrons. The van der Waals surface area contributed by atoms with E-state index < -0.39 is 10.0 Å². The van der Waals surface area contributed by atoms with Crippen molar-refractivity contribution in [3.8, 4) is 0 Å². The number of sulfonamides is 1. The van der Waals surface area contributed by atoms with E-state index in [2.05, 4.69) is 9.97 Å². The van der Waals surface area contributed by atoms with Crippen molar-refractivity contribution in [3.05, 3.63) is 42.0 Å². The van der Waals surface area contributed by atoms with Crippen LogP contribution in [0.25, 0.3) is 0 Å². The molecule has 2 aromatic rings. The van der Waals surface area contributed by atoms with Gasteiger partial charge in [0.25, 0.3) is 0 Å². The Morgan fingerprint density at radius 2 is 2.16 bits per heavy atom. The van der Waals surface area contributed by atoms with Crippen LogP contribution in [0.1, 0.15) is 11.4 Å². The fraction of sp³-hybridized carbons (Fsp3) is 0.250. The molecule has 1 aromatic heterocycles. The molecule has 2 rings (SSSR count).